The zero-order chi connectivity index (χ0) is 20.5. The molecular formula is C20H24N2O5S. The van der Waals surface area contributed by atoms with Crippen molar-refractivity contribution in [2.45, 2.75) is 19.8 Å². The van der Waals surface area contributed by atoms with Crippen LogP contribution in [-0.2, 0) is 16.4 Å². The number of hydrogen-bond donors (Lipinski definition) is 1. The maximum Gasteiger partial charge on any atom is 0.255 e. The second-order valence-electron chi connectivity index (χ2n) is 6.76. The number of fused-ring (bicyclic) bond motifs is 1. The maximum absolute atomic E-state index is 12.8. The molecule has 1 aliphatic rings. The Balaban J connectivity index is 1.89. The highest BCUT2D eigenvalue weighted by Crippen LogP contribution is 2.34. The van der Waals surface area contributed by atoms with Gasteiger partial charge in [0.05, 0.1) is 26.2 Å². The lowest BCUT2D eigenvalue weighted by atomic mass is 10.0. The second-order valence-corrected chi connectivity index (χ2v) is 8.67. The Hall–Kier alpha value is -2.74. The van der Waals surface area contributed by atoms with Crippen LogP contribution in [0.1, 0.15) is 27.9 Å². The number of sulfonamides is 1. The molecule has 0 aliphatic carbocycles. The lowest BCUT2D eigenvalue weighted by molar-refractivity contribution is 0.102. The predicted molar refractivity (Wildman–Crippen MR) is 109 cm³/mol. The number of amides is 1. The molecule has 7 nitrogen and oxygen atoms in total. The van der Waals surface area contributed by atoms with Crippen LogP contribution in [0.3, 0.4) is 0 Å². The minimum atomic E-state index is -3.33. The fourth-order valence-electron chi connectivity index (χ4n) is 3.36. The Bertz CT molecular complexity index is 1020. The minimum absolute atomic E-state index is 0.269. The molecule has 150 valence electrons. The lowest BCUT2D eigenvalue weighted by Gasteiger charge is -2.29. The first-order valence-electron chi connectivity index (χ1n) is 8.89. The molecule has 3 rings (SSSR count). The van der Waals surface area contributed by atoms with Gasteiger partial charge in [0, 0.05) is 23.9 Å². The molecule has 8 heteroatoms. The van der Waals surface area contributed by atoms with Gasteiger partial charge in [-0.15, -0.1) is 0 Å². The molecule has 0 saturated carbocycles. The van der Waals surface area contributed by atoms with Gasteiger partial charge in [-0.1, -0.05) is 0 Å². The van der Waals surface area contributed by atoms with E-state index in [2.05, 4.69) is 5.32 Å². The van der Waals surface area contributed by atoms with Crippen LogP contribution in [0.5, 0.6) is 11.5 Å². The van der Waals surface area contributed by atoms with Crippen LogP contribution in [0.15, 0.2) is 30.3 Å². The van der Waals surface area contributed by atoms with Gasteiger partial charge in [0.25, 0.3) is 5.91 Å². The topological polar surface area (TPSA) is 84.9 Å². The number of carbonyl (C=O) groups excluding carboxylic acids is 1. The van der Waals surface area contributed by atoms with Gasteiger partial charge in [-0.2, -0.15) is 0 Å². The molecular weight excluding hydrogens is 380 g/mol. The number of benzene rings is 2. The van der Waals surface area contributed by atoms with Crippen LogP contribution in [0.4, 0.5) is 11.4 Å². The first-order valence-corrected chi connectivity index (χ1v) is 10.7. The number of hydrogen-bond acceptors (Lipinski definition) is 5. The fraction of sp³-hybridized carbons (Fsp3) is 0.350. The third-order valence-electron chi connectivity index (χ3n) is 4.80. The maximum atomic E-state index is 12.8. The molecule has 0 unspecified atom stereocenters. The first-order chi connectivity index (χ1) is 13.2. The fourth-order valence-corrected chi connectivity index (χ4v) is 4.35. The summed E-state index contributed by atoms with van der Waals surface area (Å²) in [4.78, 5) is 12.8. The number of carbonyl (C=O) groups is 1. The van der Waals surface area contributed by atoms with Crippen molar-refractivity contribution in [3.8, 4) is 11.5 Å². The molecule has 2 aromatic rings. The summed E-state index contributed by atoms with van der Waals surface area (Å²) < 4.78 is 35.9. The van der Waals surface area contributed by atoms with Gasteiger partial charge in [0.15, 0.2) is 11.5 Å². The van der Waals surface area contributed by atoms with E-state index in [-0.39, 0.29) is 5.91 Å². The number of nitrogens with one attached hydrogen (secondary N) is 1. The summed E-state index contributed by atoms with van der Waals surface area (Å²) in [5.41, 5.74) is 3.44. The largest absolute Gasteiger partial charge is 0.493 e. The molecule has 2 aromatic carbocycles. The molecule has 1 heterocycles. The van der Waals surface area contributed by atoms with E-state index in [1.165, 1.54) is 17.7 Å². The normalized spacial score (nSPS) is 13.6. The van der Waals surface area contributed by atoms with Crippen LogP contribution >= 0.6 is 0 Å². The van der Waals surface area contributed by atoms with Crippen LogP contribution in [0, 0.1) is 6.92 Å². The quantitative estimate of drug-likeness (QED) is 0.828. The van der Waals surface area contributed by atoms with E-state index in [4.69, 9.17) is 9.47 Å². The average molecular weight is 404 g/mol. The van der Waals surface area contributed by atoms with Gasteiger partial charge < -0.3 is 14.8 Å². The Labute approximate surface area is 165 Å². The molecule has 28 heavy (non-hydrogen) atoms. The molecule has 0 radical (unpaired) electrons. The monoisotopic (exact) mass is 404 g/mol. The molecule has 1 amide bonds. The molecule has 0 atom stereocenters. The summed E-state index contributed by atoms with van der Waals surface area (Å²) in [6, 6.07) is 8.62. The highest BCUT2D eigenvalue weighted by molar-refractivity contribution is 7.92. The van der Waals surface area contributed by atoms with E-state index in [0.717, 1.165) is 24.0 Å². The van der Waals surface area contributed by atoms with Crippen molar-refractivity contribution < 1.29 is 22.7 Å². The summed E-state index contributed by atoms with van der Waals surface area (Å²) in [5.74, 6) is 0.847. The van der Waals surface area contributed by atoms with Crippen molar-refractivity contribution >= 4 is 27.3 Å². The average Bonchev–Trinajstić information content (AvgIpc) is 2.67. The minimum Gasteiger partial charge on any atom is -0.493 e. The van der Waals surface area contributed by atoms with Crippen molar-refractivity contribution in [1.29, 1.82) is 0 Å². The molecule has 0 aromatic heterocycles. The van der Waals surface area contributed by atoms with Crippen molar-refractivity contribution in [3.05, 3.63) is 47.0 Å². The SMILES string of the molecule is COc1cc(C)c(NC(=O)c2ccc3c(c2)CCCN3S(C)(=O)=O)cc1OC. The van der Waals surface area contributed by atoms with Gasteiger partial charge in [-0.25, -0.2) is 8.42 Å². The van der Waals surface area contributed by atoms with Crippen LogP contribution in [0.2, 0.25) is 0 Å². The van der Waals surface area contributed by atoms with Crippen molar-refractivity contribution in [3.63, 3.8) is 0 Å². The Morgan fingerprint density at radius 2 is 1.79 bits per heavy atom. The zero-order valence-electron chi connectivity index (χ0n) is 16.4. The number of aryl methyl sites for hydroxylation is 2. The van der Waals surface area contributed by atoms with E-state index in [1.54, 1.807) is 37.4 Å². The van der Waals surface area contributed by atoms with Gasteiger partial charge in [0.2, 0.25) is 10.0 Å². The number of methoxy groups -OCH3 is 2. The Morgan fingerprint density at radius 1 is 1.11 bits per heavy atom. The standard InChI is InChI=1S/C20H24N2O5S/c1-13-10-18(26-2)19(27-3)12-16(13)21-20(23)15-7-8-17-14(11-15)6-5-9-22(17)28(4,24)25/h7-8,10-12H,5-6,9H2,1-4H3,(H,21,23). The molecule has 0 fully saturated rings. The summed E-state index contributed by atoms with van der Waals surface area (Å²) in [7, 11) is -0.238. The third kappa shape index (κ3) is 3.91. The van der Waals surface area contributed by atoms with Gasteiger partial charge >= 0.3 is 0 Å². The van der Waals surface area contributed by atoms with Crippen molar-refractivity contribution in [2.24, 2.45) is 0 Å². The summed E-state index contributed by atoms with van der Waals surface area (Å²) in [6.45, 7) is 2.33. The number of rotatable bonds is 5. The first kappa shape index (κ1) is 20.0. The van der Waals surface area contributed by atoms with Gasteiger partial charge in [-0.05, 0) is 55.2 Å². The van der Waals surface area contributed by atoms with E-state index >= 15 is 0 Å². The number of ether oxygens (including phenoxy) is 2. The lowest BCUT2D eigenvalue weighted by Crippen LogP contribution is -2.34. The molecule has 0 bridgehead atoms. The predicted octanol–water partition coefficient (Wildman–Crippen LogP) is 2.98. The highest BCUT2D eigenvalue weighted by Gasteiger charge is 2.24. The number of nitrogens with zero attached hydrogens (tertiary/aromatic N) is 1. The number of anilines is 2. The summed E-state index contributed by atoms with van der Waals surface area (Å²) in [5, 5.41) is 2.89. The zero-order valence-corrected chi connectivity index (χ0v) is 17.2. The van der Waals surface area contributed by atoms with E-state index in [0.29, 0.717) is 35.0 Å². The van der Waals surface area contributed by atoms with Gasteiger partial charge in [0.1, 0.15) is 0 Å². The third-order valence-corrected chi connectivity index (χ3v) is 5.98. The summed E-state index contributed by atoms with van der Waals surface area (Å²) in [6.07, 6.45) is 2.65. The van der Waals surface area contributed by atoms with Gasteiger partial charge in [-0.3, -0.25) is 9.10 Å². The van der Waals surface area contributed by atoms with E-state index < -0.39 is 10.0 Å². The van der Waals surface area contributed by atoms with Crippen molar-refractivity contribution in [2.75, 3.05) is 36.6 Å². The smallest absolute Gasteiger partial charge is 0.255 e. The van der Waals surface area contributed by atoms with Crippen LogP contribution in [0.25, 0.3) is 0 Å². The van der Waals surface area contributed by atoms with E-state index in [9.17, 15) is 13.2 Å². The molecule has 0 saturated heterocycles. The molecule has 1 aliphatic heterocycles. The highest BCUT2D eigenvalue weighted by atomic mass is 32.2. The van der Waals surface area contributed by atoms with Crippen molar-refractivity contribution in [1.82, 2.24) is 0 Å². The Morgan fingerprint density at radius 3 is 2.43 bits per heavy atom. The van der Waals surface area contributed by atoms with Crippen LogP contribution in [-0.4, -0.2) is 41.3 Å². The van der Waals surface area contributed by atoms with Crippen LogP contribution < -0.4 is 19.1 Å². The summed E-state index contributed by atoms with van der Waals surface area (Å²) >= 11 is 0. The van der Waals surface area contributed by atoms with E-state index in [1.807, 2.05) is 6.92 Å². The second kappa shape index (κ2) is 7.71. The molecule has 0 spiro atoms. The Kier molecular flexibility index (Phi) is 5.51. The molecule has 1 N–H and O–H groups in total.